The standard InChI is InChI=1S/C14H17BrF3NO/c1-10(2)8-19(9-14(16,17)18)13(20)12-5-3-11(7-15)4-6-12/h3-6,10H,7-9H2,1-2H3. The molecule has 0 bridgehead atoms. The van der Waals surface area contributed by atoms with E-state index in [-0.39, 0.29) is 18.0 Å². The van der Waals surface area contributed by atoms with Crippen molar-refractivity contribution < 1.29 is 18.0 Å². The minimum atomic E-state index is -4.39. The van der Waals surface area contributed by atoms with Crippen molar-refractivity contribution in [3.05, 3.63) is 35.4 Å². The van der Waals surface area contributed by atoms with E-state index in [1.54, 1.807) is 38.1 Å². The van der Waals surface area contributed by atoms with E-state index >= 15 is 0 Å². The van der Waals surface area contributed by atoms with Gasteiger partial charge in [-0.3, -0.25) is 4.79 Å². The Labute approximate surface area is 125 Å². The second kappa shape index (κ2) is 7.11. The van der Waals surface area contributed by atoms with Crippen molar-refractivity contribution in [2.45, 2.75) is 25.4 Å². The number of rotatable bonds is 5. The van der Waals surface area contributed by atoms with E-state index in [1.807, 2.05) is 0 Å². The van der Waals surface area contributed by atoms with Crippen LogP contribution in [-0.4, -0.2) is 30.1 Å². The van der Waals surface area contributed by atoms with E-state index in [9.17, 15) is 18.0 Å². The second-order valence-electron chi connectivity index (χ2n) is 5.03. The topological polar surface area (TPSA) is 20.3 Å². The molecule has 0 aromatic heterocycles. The summed E-state index contributed by atoms with van der Waals surface area (Å²) in [6, 6.07) is 6.57. The van der Waals surface area contributed by atoms with Crippen LogP contribution in [0.15, 0.2) is 24.3 Å². The van der Waals surface area contributed by atoms with Gasteiger partial charge in [-0.25, -0.2) is 0 Å². The number of carbonyl (C=O) groups is 1. The lowest BCUT2D eigenvalue weighted by atomic mass is 10.1. The zero-order valence-electron chi connectivity index (χ0n) is 11.4. The summed E-state index contributed by atoms with van der Waals surface area (Å²) in [6.07, 6.45) is -4.39. The molecule has 0 aliphatic heterocycles. The molecule has 1 amide bonds. The molecule has 0 saturated heterocycles. The Hall–Kier alpha value is -1.04. The molecule has 1 aromatic carbocycles. The summed E-state index contributed by atoms with van der Waals surface area (Å²) >= 11 is 3.28. The summed E-state index contributed by atoms with van der Waals surface area (Å²) < 4.78 is 37.7. The Morgan fingerprint density at radius 1 is 1.25 bits per heavy atom. The first-order chi connectivity index (χ1) is 9.23. The lowest BCUT2D eigenvalue weighted by Crippen LogP contribution is -2.41. The number of benzene rings is 1. The Kier molecular flexibility index (Phi) is 6.05. The van der Waals surface area contributed by atoms with E-state index < -0.39 is 18.6 Å². The maximum absolute atomic E-state index is 12.6. The Bertz CT molecular complexity index is 443. The number of hydrogen-bond donors (Lipinski definition) is 0. The van der Waals surface area contributed by atoms with E-state index in [2.05, 4.69) is 15.9 Å². The first-order valence-corrected chi connectivity index (χ1v) is 7.36. The molecule has 1 aromatic rings. The highest BCUT2D eigenvalue weighted by molar-refractivity contribution is 9.08. The predicted octanol–water partition coefficient (Wildman–Crippen LogP) is 4.24. The van der Waals surface area contributed by atoms with Gasteiger partial charge in [-0.1, -0.05) is 41.9 Å². The SMILES string of the molecule is CC(C)CN(CC(F)(F)F)C(=O)c1ccc(CBr)cc1. The number of hydrogen-bond acceptors (Lipinski definition) is 1. The van der Waals surface area contributed by atoms with Gasteiger partial charge in [0.2, 0.25) is 0 Å². The van der Waals surface area contributed by atoms with Gasteiger partial charge in [0.1, 0.15) is 6.54 Å². The monoisotopic (exact) mass is 351 g/mol. The van der Waals surface area contributed by atoms with Gasteiger partial charge in [0.05, 0.1) is 0 Å². The highest BCUT2D eigenvalue weighted by Crippen LogP contribution is 2.19. The van der Waals surface area contributed by atoms with Gasteiger partial charge in [-0.05, 0) is 23.6 Å². The van der Waals surface area contributed by atoms with Crippen LogP contribution >= 0.6 is 15.9 Å². The summed E-state index contributed by atoms with van der Waals surface area (Å²) in [6.45, 7) is 2.43. The molecule has 20 heavy (non-hydrogen) atoms. The van der Waals surface area contributed by atoms with Crippen LogP contribution in [0.2, 0.25) is 0 Å². The lowest BCUT2D eigenvalue weighted by Gasteiger charge is -2.25. The second-order valence-corrected chi connectivity index (χ2v) is 5.59. The highest BCUT2D eigenvalue weighted by Gasteiger charge is 2.33. The highest BCUT2D eigenvalue weighted by atomic mass is 79.9. The third kappa shape index (κ3) is 5.53. The zero-order valence-corrected chi connectivity index (χ0v) is 13.0. The van der Waals surface area contributed by atoms with Crippen LogP contribution in [-0.2, 0) is 5.33 Å². The normalized spacial score (nSPS) is 11.8. The summed E-state index contributed by atoms with van der Waals surface area (Å²) in [4.78, 5) is 13.0. The fraction of sp³-hybridized carbons (Fsp3) is 0.500. The molecule has 0 saturated carbocycles. The summed E-state index contributed by atoms with van der Waals surface area (Å²) in [5, 5.41) is 0.639. The molecule has 0 unspecified atom stereocenters. The third-order valence-corrected chi connectivity index (χ3v) is 3.25. The van der Waals surface area contributed by atoms with Crippen LogP contribution in [0.4, 0.5) is 13.2 Å². The van der Waals surface area contributed by atoms with Crippen molar-refractivity contribution in [2.75, 3.05) is 13.1 Å². The van der Waals surface area contributed by atoms with E-state index in [0.717, 1.165) is 10.5 Å². The summed E-state index contributed by atoms with van der Waals surface area (Å²) in [7, 11) is 0. The van der Waals surface area contributed by atoms with Crippen molar-refractivity contribution in [2.24, 2.45) is 5.92 Å². The van der Waals surface area contributed by atoms with E-state index in [0.29, 0.717) is 5.33 Å². The van der Waals surface area contributed by atoms with Crippen LogP contribution in [0.3, 0.4) is 0 Å². The Balaban J connectivity index is 2.90. The molecule has 1 rings (SSSR count). The lowest BCUT2D eigenvalue weighted by molar-refractivity contribution is -0.141. The molecular formula is C14H17BrF3NO. The molecule has 0 radical (unpaired) electrons. The number of amides is 1. The van der Waals surface area contributed by atoms with Crippen molar-refractivity contribution in [3.63, 3.8) is 0 Å². The van der Waals surface area contributed by atoms with Gasteiger partial charge >= 0.3 is 6.18 Å². The van der Waals surface area contributed by atoms with Crippen molar-refractivity contribution in [3.8, 4) is 0 Å². The van der Waals surface area contributed by atoms with Gasteiger partial charge in [0.15, 0.2) is 0 Å². The summed E-state index contributed by atoms with van der Waals surface area (Å²) in [5.74, 6) is -0.611. The molecule has 0 spiro atoms. The van der Waals surface area contributed by atoms with Crippen molar-refractivity contribution >= 4 is 21.8 Å². The maximum atomic E-state index is 12.6. The van der Waals surface area contributed by atoms with E-state index in [1.165, 1.54) is 0 Å². The molecule has 0 aliphatic carbocycles. The molecule has 0 heterocycles. The van der Waals surface area contributed by atoms with Crippen LogP contribution in [0.1, 0.15) is 29.8 Å². The Morgan fingerprint density at radius 3 is 2.20 bits per heavy atom. The molecular weight excluding hydrogens is 335 g/mol. The maximum Gasteiger partial charge on any atom is 0.406 e. The predicted molar refractivity (Wildman–Crippen MR) is 75.9 cm³/mol. The fourth-order valence-corrected chi connectivity index (χ4v) is 2.17. The summed E-state index contributed by atoms with van der Waals surface area (Å²) in [5.41, 5.74) is 1.24. The quantitative estimate of drug-likeness (QED) is 0.726. The molecule has 0 fully saturated rings. The third-order valence-electron chi connectivity index (χ3n) is 2.60. The van der Waals surface area contributed by atoms with Crippen LogP contribution in [0.5, 0.6) is 0 Å². The van der Waals surface area contributed by atoms with Gasteiger partial charge in [0, 0.05) is 17.4 Å². The number of alkyl halides is 4. The van der Waals surface area contributed by atoms with Crippen molar-refractivity contribution in [1.29, 1.82) is 0 Å². The number of nitrogens with zero attached hydrogens (tertiary/aromatic N) is 1. The molecule has 2 nitrogen and oxygen atoms in total. The largest absolute Gasteiger partial charge is 0.406 e. The molecule has 112 valence electrons. The first kappa shape index (κ1) is 17.0. The van der Waals surface area contributed by atoms with Crippen LogP contribution < -0.4 is 0 Å². The minimum absolute atomic E-state index is 0.0249. The molecule has 0 atom stereocenters. The zero-order chi connectivity index (χ0) is 15.3. The first-order valence-electron chi connectivity index (χ1n) is 6.24. The Morgan fingerprint density at radius 2 is 1.80 bits per heavy atom. The van der Waals surface area contributed by atoms with Gasteiger partial charge in [-0.2, -0.15) is 13.2 Å². The number of carbonyl (C=O) groups excluding carboxylic acids is 1. The van der Waals surface area contributed by atoms with Crippen LogP contribution in [0.25, 0.3) is 0 Å². The van der Waals surface area contributed by atoms with Gasteiger partial charge in [0.25, 0.3) is 5.91 Å². The van der Waals surface area contributed by atoms with Crippen LogP contribution in [0, 0.1) is 5.92 Å². The van der Waals surface area contributed by atoms with Crippen molar-refractivity contribution in [1.82, 2.24) is 4.90 Å². The fourth-order valence-electron chi connectivity index (χ4n) is 1.80. The van der Waals surface area contributed by atoms with Gasteiger partial charge < -0.3 is 4.90 Å². The van der Waals surface area contributed by atoms with E-state index in [4.69, 9.17) is 0 Å². The molecule has 0 aliphatic rings. The molecule has 0 N–H and O–H groups in total. The smallest absolute Gasteiger partial charge is 0.329 e. The average molecular weight is 352 g/mol. The van der Waals surface area contributed by atoms with Gasteiger partial charge in [-0.15, -0.1) is 0 Å². The minimum Gasteiger partial charge on any atom is -0.329 e. The molecule has 6 heteroatoms. The number of halogens is 4. The average Bonchev–Trinajstić information content (AvgIpc) is 2.35.